The predicted octanol–water partition coefficient (Wildman–Crippen LogP) is 5.46. The van der Waals surface area contributed by atoms with Crippen LogP contribution in [0.25, 0.3) is 0 Å². The average Bonchev–Trinajstić information content (AvgIpc) is 2.39. The number of halogens is 2. The Hall–Kier alpha value is -0.990. The largest absolute Gasteiger partial charge is 0.381 e. The summed E-state index contributed by atoms with van der Waals surface area (Å²) in [5.41, 5.74) is 2.54. The van der Waals surface area contributed by atoms with Gasteiger partial charge in [0.05, 0.1) is 15.2 Å². The van der Waals surface area contributed by atoms with E-state index in [1.807, 2.05) is 12.1 Å². The third-order valence-corrected chi connectivity index (χ3v) is 5.12. The Labute approximate surface area is 127 Å². The quantitative estimate of drug-likeness (QED) is 0.784. The van der Waals surface area contributed by atoms with Crippen molar-refractivity contribution in [3.63, 3.8) is 0 Å². The highest BCUT2D eigenvalue weighted by molar-refractivity contribution is 9.10. The molecule has 98 valence electrons. The maximum Gasteiger partial charge on any atom is 0.0593 e. The molecule has 0 bridgehead atoms. The molecule has 0 atom stereocenters. The van der Waals surface area contributed by atoms with Crippen molar-refractivity contribution in [3.05, 3.63) is 63.6 Å². The van der Waals surface area contributed by atoms with Crippen LogP contribution in [0.1, 0.15) is 24.3 Å². The Morgan fingerprint density at radius 3 is 2.47 bits per heavy atom. The molecule has 0 saturated heterocycles. The third-order valence-electron chi connectivity index (χ3n) is 3.72. The van der Waals surface area contributed by atoms with E-state index in [1.54, 1.807) is 0 Å². The van der Waals surface area contributed by atoms with Crippen LogP contribution in [-0.2, 0) is 0 Å². The van der Waals surface area contributed by atoms with Gasteiger partial charge in [0.2, 0.25) is 0 Å². The van der Waals surface area contributed by atoms with Gasteiger partial charge in [-0.1, -0.05) is 48.0 Å². The first kappa shape index (κ1) is 13.0. The van der Waals surface area contributed by atoms with Crippen LogP contribution < -0.4 is 5.32 Å². The van der Waals surface area contributed by atoms with Crippen molar-refractivity contribution < 1.29 is 0 Å². The molecule has 0 aliphatic heterocycles. The molecule has 1 saturated carbocycles. The van der Waals surface area contributed by atoms with E-state index in [4.69, 9.17) is 11.6 Å². The molecule has 3 rings (SSSR count). The van der Waals surface area contributed by atoms with Gasteiger partial charge in [-0.2, -0.15) is 0 Å². The first-order chi connectivity index (χ1) is 9.24. The number of benzene rings is 2. The van der Waals surface area contributed by atoms with E-state index < -0.39 is 0 Å². The third kappa shape index (κ3) is 2.80. The summed E-state index contributed by atoms with van der Waals surface area (Å²) >= 11 is 9.62. The molecular weight excluding hydrogens is 322 g/mol. The zero-order chi connectivity index (χ0) is 13.2. The number of nitrogens with one attached hydrogen (secondary N) is 1. The summed E-state index contributed by atoms with van der Waals surface area (Å²) in [6, 6.07) is 17.2. The molecule has 1 aliphatic carbocycles. The highest BCUT2D eigenvalue weighted by Gasteiger charge is 2.30. The molecule has 1 nitrogen and oxygen atoms in total. The van der Waals surface area contributed by atoms with Gasteiger partial charge >= 0.3 is 0 Å². The molecule has 19 heavy (non-hydrogen) atoms. The van der Waals surface area contributed by atoms with Gasteiger partial charge in [0.25, 0.3) is 0 Å². The minimum Gasteiger partial charge on any atom is -0.381 e. The van der Waals surface area contributed by atoms with Crippen LogP contribution in [0.5, 0.6) is 0 Å². The lowest BCUT2D eigenvalue weighted by molar-refractivity contribution is 0.374. The van der Waals surface area contributed by atoms with Crippen LogP contribution in [0.3, 0.4) is 0 Å². The maximum absolute atomic E-state index is 6.10. The molecule has 3 heteroatoms. The summed E-state index contributed by atoms with van der Waals surface area (Å²) in [4.78, 5) is 0. The Morgan fingerprint density at radius 1 is 1.00 bits per heavy atom. The molecule has 0 unspecified atom stereocenters. The monoisotopic (exact) mass is 335 g/mol. The van der Waals surface area contributed by atoms with Crippen molar-refractivity contribution in [1.29, 1.82) is 0 Å². The lowest BCUT2D eigenvalue weighted by Gasteiger charge is -2.37. The minimum absolute atomic E-state index is 0.542. The second kappa shape index (κ2) is 5.56. The fourth-order valence-corrected chi connectivity index (χ4v) is 3.12. The van der Waals surface area contributed by atoms with E-state index in [-0.39, 0.29) is 0 Å². The number of anilines is 1. The molecule has 0 radical (unpaired) electrons. The standard InChI is InChI=1S/C16H15BrClN/c17-16-14(18)7-4-8-15(16)19-13-9-12(10-13)11-5-2-1-3-6-11/h1-8,12-13,19H,9-10H2. The van der Waals surface area contributed by atoms with Crippen LogP contribution in [-0.4, -0.2) is 6.04 Å². The Morgan fingerprint density at radius 2 is 1.74 bits per heavy atom. The van der Waals surface area contributed by atoms with Crippen molar-refractivity contribution in [1.82, 2.24) is 0 Å². The summed E-state index contributed by atoms with van der Waals surface area (Å²) in [6.07, 6.45) is 2.37. The summed E-state index contributed by atoms with van der Waals surface area (Å²) < 4.78 is 0.958. The lowest BCUT2D eigenvalue weighted by Crippen LogP contribution is -2.34. The molecule has 0 heterocycles. The SMILES string of the molecule is Clc1cccc(NC2CC(c3ccccc3)C2)c1Br. The van der Waals surface area contributed by atoms with E-state index in [9.17, 15) is 0 Å². The minimum atomic E-state index is 0.542. The van der Waals surface area contributed by atoms with Gasteiger partial charge in [-0.25, -0.2) is 0 Å². The molecule has 1 aliphatic rings. The van der Waals surface area contributed by atoms with E-state index in [0.717, 1.165) is 15.2 Å². The highest BCUT2D eigenvalue weighted by Crippen LogP contribution is 2.40. The molecule has 2 aromatic carbocycles. The molecule has 1 fully saturated rings. The van der Waals surface area contributed by atoms with E-state index in [2.05, 4.69) is 57.6 Å². The Bertz CT molecular complexity index is 564. The molecule has 2 aromatic rings. The Kier molecular flexibility index (Phi) is 3.81. The zero-order valence-corrected chi connectivity index (χ0v) is 12.8. The molecule has 0 amide bonds. The molecule has 0 aromatic heterocycles. The lowest BCUT2D eigenvalue weighted by atomic mass is 9.76. The van der Waals surface area contributed by atoms with Gasteiger partial charge in [-0.15, -0.1) is 0 Å². The van der Waals surface area contributed by atoms with Gasteiger partial charge in [0.15, 0.2) is 0 Å². The fraction of sp³-hybridized carbons (Fsp3) is 0.250. The van der Waals surface area contributed by atoms with Gasteiger partial charge in [0.1, 0.15) is 0 Å². The second-order valence-corrected chi connectivity index (χ2v) is 6.22. The summed E-state index contributed by atoms with van der Waals surface area (Å²) in [5, 5.41) is 4.31. The van der Waals surface area contributed by atoms with Crippen LogP contribution in [0, 0.1) is 0 Å². The first-order valence-electron chi connectivity index (χ1n) is 6.49. The van der Waals surface area contributed by atoms with Crippen LogP contribution in [0.4, 0.5) is 5.69 Å². The molecule has 1 N–H and O–H groups in total. The fourth-order valence-electron chi connectivity index (χ4n) is 2.57. The number of hydrogen-bond acceptors (Lipinski definition) is 1. The Balaban J connectivity index is 1.61. The van der Waals surface area contributed by atoms with Crippen molar-refractivity contribution >= 4 is 33.2 Å². The topological polar surface area (TPSA) is 12.0 Å². The summed E-state index contributed by atoms with van der Waals surface area (Å²) in [7, 11) is 0. The van der Waals surface area contributed by atoms with Crippen molar-refractivity contribution in [3.8, 4) is 0 Å². The van der Waals surface area contributed by atoms with Crippen LogP contribution >= 0.6 is 27.5 Å². The molecule has 0 spiro atoms. The van der Waals surface area contributed by atoms with Crippen molar-refractivity contribution in [2.45, 2.75) is 24.8 Å². The normalized spacial score (nSPS) is 21.8. The van der Waals surface area contributed by atoms with Gasteiger partial charge in [-0.05, 0) is 52.4 Å². The van der Waals surface area contributed by atoms with E-state index >= 15 is 0 Å². The van der Waals surface area contributed by atoms with Crippen LogP contribution in [0.2, 0.25) is 5.02 Å². The van der Waals surface area contributed by atoms with Gasteiger partial charge in [0, 0.05) is 6.04 Å². The second-order valence-electron chi connectivity index (χ2n) is 5.02. The van der Waals surface area contributed by atoms with Crippen LogP contribution in [0.15, 0.2) is 53.0 Å². The number of hydrogen-bond donors (Lipinski definition) is 1. The van der Waals surface area contributed by atoms with Gasteiger partial charge < -0.3 is 5.32 Å². The first-order valence-corrected chi connectivity index (χ1v) is 7.66. The maximum atomic E-state index is 6.10. The van der Waals surface area contributed by atoms with Gasteiger partial charge in [-0.3, -0.25) is 0 Å². The van der Waals surface area contributed by atoms with Crippen molar-refractivity contribution in [2.75, 3.05) is 5.32 Å². The molecular formula is C16H15BrClN. The average molecular weight is 337 g/mol. The zero-order valence-electron chi connectivity index (χ0n) is 10.4. The smallest absolute Gasteiger partial charge is 0.0593 e. The number of rotatable bonds is 3. The van der Waals surface area contributed by atoms with E-state index in [1.165, 1.54) is 18.4 Å². The summed E-state index contributed by atoms with van der Waals surface area (Å²) in [5.74, 6) is 0.691. The van der Waals surface area contributed by atoms with E-state index in [0.29, 0.717) is 12.0 Å². The predicted molar refractivity (Wildman–Crippen MR) is 85.0 cm³/mol. The summed E-state index contributed by atoms with van der Waals surface area (Å²) in [6.45, 7) is 0. The van der Waals surface area contributed by atoms with Crippen molar-refractivity contribution in [2.24, 2.45) is 0 Å². The highest BCUT2D eigenvalue weighted by atomic mass is 79.9.